The highest BCUT2D eigenvalue weighted by Gasteiger charge is 2.39. The molecule has 1 aliphatic rings. The second-order valence-electron chi connectivity index (χ2n) is 3.50. The summed E-state index contributed by atoms with van der Waals surface area (Å²) in [5.74, 6) is 0. The Kier molecular flexibility index (Phi) is 1.34. The number of hydrogen-bond acceptors (Lipinski definition) is 4. The standard InChI is InChI=1S/C6H12N4/c1-5(2)6(3,4)8-10-9-7-5/h1-4H3. The zero-order chi connectivity index (χ0) is 7.83. The first-order chi connectivity index (χ1) is 4.46. The van der Waals surface area contributed by atoms with E-state index < -0.39 is 0 Å². The van der Waals surface area contributed by atoms with E-state index >= 15 is 0 Å². The van der Waals surface area contributed by atoms with Gasteiger partial charge in [0.25, 0.3) is 0 Å². The van der Waals surface area contributed by atoms with Crippen LogP contribution in [0.3, 0.4) is 0 Å². The molecule has 1 aliphatic heterocycles. The fraction of sp³-hybridized carbons (Fsp3) is 1.00. The van der Waals surface area contributed by atoms with Crippen molar-refractivity contribution in [3.8, 4) is 0 Å². The van der Waals surface area contributed by atoms with Gasteiger partial charge in [0.15, 0.2) is 0 Å². The van der Waals surface area contributed by atoms with Crippen LogP contribution in [0.1, 0.15) is 27.7 Å². The topological polar surface area (TPSA) is 49.4 Å². The first-order valence-corrected chi connectivity index (χ1v) is 3.30. The van der Waals surface area contributed by atoms with Crippen LogP contribution in [0, 0.1) is 0 Å². The van der Waals surface area contributed by atoms with Crippen molar-refractivity contribution in [1.29, 1.82) is 0 Å². The zero-order valence-corrected chi connectivity index (χ0v) is 6.79. The van der Waals surface area contributed by atoms with E-state index in [1.165, 1.54) is 0 Å². The molecule has 0 radical (unpaired) electrons. The Morgan fingerprint density at radius 1 is 0.700 bits per heavy atom. The van der Waals surface area contributed by atoms with Crippen LogP contribution in [0.15, 0.2) is 20.7 Å². The molecule has 0 saturated carbocycles. The Bertz CT molecular complexity index is 168. The molecule has 0 saturated heterocycles. The highest BCUT2D eigenvalue weighted by atomic mass is 15.5. The SMILES string of the molecule is CC1(C)N=NN=NC1(C)C. The average Bonchev–Trinajstić information content (AvgIpc) is 1.77. The van der Waals surface area contributed by atoms with Crippen LogP contribution in [0.25, 0.3) is 0 Å². The number of nitrogens with zero attached hydrogens (tertiary/aromatic N) is 4. The van der Waals surface area contributed by atoms with Crippen molar-refractivity contribution in [1.82, 2.24) is 0 Å². The van der Waals surface area contributed by atoms with E-state index in [1.807, 2.05) is 27.7 Å². The van der Waals surface area contributed by atoms with Crippen molar-refractivity contribution in [2.75, 3.05) is 0 Å². The molecule has 4 heteroatoms. The Morgan fingerprint density at radius 3 is 1.20 bits per heavy atom. The van der Waals surface area contributed by atoms with Gasteiger partial charge in [-0.25, -0.2) is 0 Å². The molecule has 0 aromatic rings. The van der Waals surface area contributed by atoms with E-state index in [4.69, 9.17) is 0 Å². The molecule has 0 spiro atoms. The van der Waals surface area contributed by atoms with Gasteiger partial charge in [-0.2, -0.15) is 10.2 Å². The van der Waals surface area contributed by atoms with Crippen LogP contribution in [0.5, 0.6) is 0 Å². The van der Waals surface area contributed by atoms with Crippen LogP contribution in [-0.2, 0) is 0 Å². The third kappa shape index (κ3) is 0.936. The van der Waals surface area contributed by atoms with Crippen LogP contribution in [0.4, 0.5) is 0 Å². The average molecular weight is 140 g/mol. The summed E-state index contributed by atoms with van der Waals surface area (Å²) in [6, 6.07) is 0. The van der Waals surface area contributed by atoms with Gasteiger partial charge in [-0.3, -0.25) is 0 Å². The lowest BCUT2D eigenvalue weighted by Gasteiger charge is -2.33. The van der Waals surface area contributed by atoms with Gasteiger partial charge < -0.3 is 0 Å². The molecule has 0 atom stereocenters. The summed E-state index contributed by atoms with van der Waals surface area (Å²) in [5.41, 5.74) is -0.455. The largest absolute Gasteiger partial charge is 0.159 e. The van der Waals surface area contributed by atoms with Crippen molar-refractivity contribution in [3.63, 3.8) is 0 Å². The summed E-state index contributed by atoms with van der Waals surface area (Å²) in [4.78, 5) is 0. The van der Waals surface area contributed by atoms with E-state index in [0.717, 1.165) is 0 Å². The molecular weight excluding hydrogens is 128 g/mol. The smallest absolute Gasteiger partial charge is 0.105 e. The molecular formula is C6H12N4. The van der Waals surface area contributed by atoms with Crippen LogP contribution < -0.4 is 0 Å². The summed E-state index contributed by atoms with van der Waals surface area (Å²) in [7, 11) is 0. The van der Waals surface area contributed by atoms with Crippen molar-refractivity contribution in [3.05, 3.63) is 0 Å². The quantitative estimate of drug-likeness (QED) is 0.496. The minimum atomic E-state index is -0.227. The molecule has 0 fully saturated rings. The van der Waals surface area contributed by atoms with Crippen molar-refractivity contribution in [2.24, 2.45) is 20.7 Å². The fourth-order valence-electron chi connectivity index (χ4n) is 0.508. The van der Waals surface area contributed by atoms with Gasteiger partial charge in [0, 0.05) is 0 Å². The summed E-state index contributed by atoms with van der Waals surface area (Å²) in [6.07, 6.45) is 0. The lowest BCUT2D eigenvalue weighted by molar-refractivity contribution is 0.264. The maximum atomic E-state index is 3.98. The van der Waals surface area contributed by atoms with E-state index in [0.29, 0.717) is 0 Å². The van der Waals surface area contributed by atoms with E-state index in [1.54, 1.807) is 0 Å². The van der Waals surface area contributed by atoms with Crippen molar-refractivity contribution in [2.45, 2.75) is 38.8 Å². The molecule has 0 bridgehead atoms. The predicted octanol–water partition coefficient (Wildman–Crippen LogP) is 2.38. The molecule has 0 amide bonds. The zero-order valence-electron chi connectivity index (χ0n) is 6.79. The minimum absolute atomic E-state index is 0.227. The van der Waals surface area contributed by atoms with Crippen LogP contribution >= 0.6 is 0 Å². The first-order valence-electron chi connectivity index (χ1n) is 3.30. The van der Waals surface area contributed by atoms with E-state index in [-0.39, 0.29) is 11.1 Å². The van der Waals surface area contributed by atoms with Gasteiger partial charge in [0.1, 0.15) is 11.1 Å². The fourth-order valence-corrected chi connectivity index (χ4v) is 0.508. The molecule has 1 rings (SSSR count). The summed E-state index contributed by atoms with van der Waals surface area (Å²) in [5, 5.41) is 15.0. The minimum Gasteiger partial charge on any atom is -0.159 e. The summed E-state index contributed by atoms with van der Waals surface area (Å²) >= 11 is 0. The normalized spacial score (nSPS) is 26.8. The maximum absolute atomic E-state index is 3.98. The van der Waals surface area contributed by atoms with Crippen LogP contribution in [0.2, 0.25) is 0 Å². The lowest BCUT2D eigenvalue weighted by Crippen LogP contribution is -2.42. The van der Waals surface area contributed by atoms with Crippen molar-refractivity contribution >= 4 is 0 Å². The summed E-state index contributed by atoms with van der Waals surface area (Å²) < 4.78 is 0. The Morgan fingerprint density at radius 2 is 1.00 bits per heavy atom. The predicted molar refractivity (Wildman–Crippen MR) is 37.9 cm³/mol. The second kappa shape index (κ2) is 1.84. The number of rotatable bonds is 0. The molecule has 4 nitrogen and oxygen atoms in total. The van der Waals surface area contributed by atoms with E-state index in [9.17, 15) is 0 Å². The Hall–Kier alpha value is -0.800. The summed E-state index contributed by atoms with van der Waals surface area (Å²) in [6.45, 7) is 7.98. The van der Waals surface area contributed by atoms with Crippen molar-refractivity contribution < 1.29 is 0 Å². The molecule has 10 heavy (non-hydrogen) atoms. The van der Waals surface area contributed by atoms with Crippen LogP contribution in [-0.4, -0.2) is 11.1 Å². The molecule has 0 aliphatic carbocycles. The first kappa shape index (κ1) is 7.31. The second-order valence-corrected chi connectivity index (χ2v) is 3.50. The van der Waals surface area contributed by atoms with Gasteiger partial charge in [0.2, 0.25) is 0 Å². The molecule has 0 aromatic heterocycles. The van der Waals surface area contributed by atoms with E-state index in [2.05, 4.69) is 20.7 Å². The van der Waals surface area contributed by atoms with Gasteiger partial charge in [0.05, 0.1) is 0 Å². The third-order valence-corrected chi connectivity index (χ3v) is 2.13. The Balaban J connectivity index is 2.96. The molecule has 0 N–H and O–H groups in total. The third-order valence-electron chi connectivity index (χ3n) is 2.13. The van der Waals surface area contributed by atoms with Gasteiger partial charge >= 0.3 is 0 Å². The monoisotopic (exact) mass is 140 g/mol. The van der Waals surface area contributed by atoms with Gasteiger partial charge in [-0.15, -0.1) is 0 Å². The van der Waals surface area contributed by atoms with Gasteiger partial charge in [-0.1, -0.05) is 0 Å². The molecule has 0 aromatic carbocycles. The molecule has 0 unspecified atom stereocenters. The molecule has 56 valence electrons. The highest BCUT2D eigenvalue weighted by Crippen LogP contribution is 2.32. The molecule has 1 heterocycles. The lowest BCUT2D eigenvalue weighted by atomic mass is 9.84. The maximum Gasteiger partial charge on any atom is 0.105 e. The van der Waals surface area contributed by atoms with Gasteiger partial charge in [-0.05, 0) is 38.1 Å². The number of hydrogen-bond donors (Lipinski definition) is 0. The Labute approximate surface area is 60.4 Å². The highest BCUT2D eigenvalue weighted by molar-refractivity contribution is 4.99.